The van der Waals surface area contributed by atoms with Gasteiger partial charge in [0.25, 0.3) is 0 Å². The van der Waals surface area contributed by atoms with Gasteiger partial charge >= 0.3 is 0 Å². The summed E-state index contributed by atoms with van der Waals surface area (Å²) in [6.45, 7) is 3.84. The topological polar surface area (TPSA) is 35.2 Å². The maximum Gasteiger partial charge on any atom is 0.122 e. The molecule has 2 nitrogen and oxygen atoms in total. The predicted octanol–water partition coefficient (Wildman–Crippen LogP) is 2.15. The lowest BCUT2D eigenvalue weighted by atomic mass is 9.99. The summed E-state index contributed by atoms with van der Waals surface area (Å²) >= 11 is 0. The first-order valence-corrected chi connectivity index (χ1v) is 5.74. The Hall–Kier alpha value is -1.02. The minimum absolute atomic E-state index is 0.620. The van der Waals surface area contributed by atoms with Gasteiger partial charge in [-0.25, -0.2) is 0 Å². The summed E-state index contributed by atoms with van der Waals surface area (Å²) in [5, 5.41) is 0. The maximum atomic E-state index is 5.61. The Morgan fingerprint density at radius 3 is 3.13 bits per heavy atom. The third-order valence-corrected chi connectivity index (χ3v) is 3.08. The molecule has 1 atom stereocenters. The Kier molecular flexibility index (Phi) is 3.27. The van der Waals surface area contributed by atoms with Crippen molar-refractivity contribution in [2.45, 2.75) is 26.2 Å². The Balaban J connectivity index is 1.98. The minimum atomic E-state index is 0.620. The van der Waals surface area contributed by atoms with Crippen molar-refractivity contribution < 1.29 is 4.74 Å². The summed E-state index contributed by atoms with van der Waals surface area (Å²) in [7, 11) is 0. The number of benzene rings is 1. The van der Waals surface area contributed by atoms with Crippen LogP contribution in [0.2, 0.25) is 0 Å². The molecule has 2 rings (SSSR count). The first kappa shape index (κ1) is 10.5. The van der Waals surface area contributed by atoms with E-state index in [9.17, 15) is 0 Å². The number of hydrogen-bond donors (Lipinski definition) is 1. The van der Waals surface area contributed by atoms with Crippen molar-refractivity contribution in [3.63, 3.8) is 0 Å². The highest BCUT2D eigenvalue weighted by Gasteiger charge is 2.11. The zero-order valence-corrected chi connectivity index (χ0v) is 9.33. The molecular formula is C13H19NO. The molecule has 0 aromatic heterocycles. The fourth-order valence-corrected chi connectivity index (χ4v) is 1.93. The molecule has 2 heteroatoms. The largest absolute Gasteiger partial charge is 0.493 e. The van der Waals surface area contributed by atoms with Crippen molar-refractivity contribution in [3.8, 4) is 5.75 Å². The molecular weight excluding hydrogens is 186 g/mol. The van der Waals surface area contributed by atoms with Gasteiger partial charge in [-0.2, -0.15) is 0 Å². The fraction of sp³-hybridized carbons (Fsp3) is 0.538. The lowest BCUT2D eigenvalue weighted by Crippen LogP contribution is -2.11. The van der Waals surface area contributed by atoms with E-state index in [-0.39, 0.29) is 0 Å². The highest BCUT2D eigenvalue weighted by Crippen LogP contribution is 2.26. The minimum Gasteiger partial charge on any atom is -0.493 e. The van der Waals surface area contributed by atoms with Crippen molar-refractivity contribution in [2.75, 3.05) is 13.2 Å². The van der Waals surface area contributed by atoms with Gasteiger partial charge in [0, 0.05) is 6.42 Å². The molecule has 0 fully saturated rings. The van der Waals surface area contributed by atoms with Crippen LogP contribution < -0.4 is 10.5 Å². The summed E-state index contributed by atoms with van der Waals surface area (Å²) in [5.74, 6) is 1.69. The highest BCUT2D eigenvalue weighted by atomic mass is 16.5. The Labute approximate surface area is 91.4 Å². The van der Waals surface area contributed by atoms with Crippen LogP contribution in [-0.4, -0.2) is 13.2 Å². The number of ether oxygens (including phenoxy) is 1. The van der Waals surface area contributed by atoms with E-state index in [4.69, 9.17) is 10.5 Å². The van der Waals surface area contributed by atoms with E-state index in [1.807, 2.05) is 0 Å². The SMILES string of the molecule is CC(CN)CCc1ccc2c(c1)CCO2. The van der Waals surface area contributed by atoms with E-state index in [1.165, 1.54) is 17.5 Å². The molecule has 0 spiro atoms. The number of nitrogens with two attached hydrogens (primary N) is 1. The van der Waals surface area contributed by atoms with Gasteiger partial charge in [0.15, 0.2) is 0 Å². The Bertz CT molecular complexity index is 335. The lowest BCUT2D eigenvalue weighted by Gasteiger charge is -2.08. The van der Waals surface area contributed by atoms with Gasteiger partial charge in [0.2, 0.25) is 0 Å². The van der Waals surface area contributed by atoms with Crippen molar-refractivity contribution in [1.29, 1.82) is 0 Å². The van der Waals surface area contributed by atoms with E-state index in [0.29, 0.717) is 5.92 Å². The average molecular weight is 205 g/mol. The molecule has 1 aliphatic heterocycles. The van der Waals surface area contributed by atoms with Crippen LogP contribution in [0, 0.1) is 5.92 Å². The van der Waals surface area contributed by atoms with E-state index in [1.54, 1.807) is 0 Å². The van der Waals surface area contributed by atoms with Gasteiger partial charge < -0.3 is 10.5 Å². The Morgan fingerprint density at radius 1 is 1.47 bits per heavy atom. The van der Waals surface area contributed by atoms with Gasteiger partial charge in [0.05, 0.1) is 6.61 Å². The Morgan fingerprint density at radius 2 is 2.33 bits per heavy atom. The summed E-state index contributed by atoms with van der Waals surface area (Å²) < 4.78 is 5.48. The zero-order valence-electron chi connectivity index (χ0n) is 9.33. The molecule has 1 aromatic carbocycles. The number of rotatable bonds is 4. The van der Waals surface area contributed by atoms with Crippen molar-refractivity contribution in [1.82, 2.24) is 0 Å². The summed E-state index contributed by atoms with van der Waals surface area (Å²) in [5.41, 5.74) is 8.39. The monoisotopic (exact) mass is 205 g/mol. The number of fused-ring (bicyclic) bond motifs is 1. The molecule has 1 unspecified atom stereocenters. The smallest absolute Gasteiger partial charge is 0.122 e. The molecule has 15 heavy (non-hydrogen) atoms. The number of aryl methyl sites for hydroxylation is 1. The molecule has 82 valence electrons. The second kappa shape index (κ2) is 4.67. The number of hydrogen-bond acceptors (Lipinski definition) is 2. The molecule has 1 aromatic rings. The molecule has 2 N–H and O–H groups in total. The van der Waals surface area contributed by atoms with Crippen LogP contribution in [0.3, 0.4) is 0 Å². The lowest BCUT2D eigenvalue weighted by molar-refractivity contribution is 0.357. The zero-order chi connectivity index (χ0) is 10.7. The molecule has 0 aliphatic carbocycles. The first-order valence-electron chi connectivity index (χ1n) is 5.74. The summed E-state index contributed by atoms with van der Waals surface area (Å²) in [6, 6.07) is 6.56. The van der Waals surface area contributed by atoms with Crippen molar-refractivity contribution in [2.24, 2.45) is 11.7 Å². The second-order valence-electron chi connectivity index (χ2n) is 4.42. The molecule has 0 saturated carbocycles. The van der Waals surface area contributed by atoms with Crippen LogP contribution in [0.15, 0.2) is 18.2 Å². The molecule has 1 aliphatic rings. The van der Waals surface area contributed by atoms with E-state index < -0.39 is 0 Å². The summed E-state index contributed by atoms with van der Waals surface area (Å²) in [6.07, 6.45) is 3.37. The first-order chi connectivity index (χ1) is 7.29. The molecule has 0 bridgehead atoms. The van der Waals surface area contributed by atoms with Gasteiger partial charge in [-0.1, -0.05) is 19.1 Å². The molecule has 0 saturated heterocycles. The van der Waals surface area contributed by atoms with Crippen LogP contribution in [0.1, 0.15) is 24.5 Å². The third kappa shape index (κ3) is 2.51. The summed E-state index contributed by atoms with van der Waals surface area (Å²) in [4.78, 5) is 0. The second-order valence-corrected chi connectivity index (χ2v) is 4.42. The standard InChI is InChI=1S/C13H19NO/c1-10(9-14)2-3-11-4-5-13-12(8-11)6-7-15-13/h4-5,8,10H,2-3,6-7,9,14H2,1H3. The van der Waals surface area contributed by atoms with E-state index in [2.05, 4.69) is 25.1 Å². The van der Waals surface area contributed by atoms with Crippen molar-refractivity contribution in [3.05, 3.63) is 29.3 Å². The van der Waals surface area contributed by atoms with E-state index >= 15 is 0 Å². The maximum absolute atomic E-state index is 5.61. The van der Waals surface area contributed by atoms with Crippen LogP contribution in [-0.2, 0) is 12.8 Å². The normalized spacial score (nSPS) is 15.9. The van der Waals surface area contributed by atoms with Gasteiger partial charge in [-0.3, -0.25) is 0 Å². The van der Waals surface area contributed by atoms with E-state index in [0.717, 1.165) is 31.7 Å². The highest BCUT2D eigenvalue weighted by molar-refractivity contribution is 5.39. The fourth-order valence-electron chi connectivity index (χ4n) is 1.93. The molecule has 0 amide bonds. The van der Waals surface area contributed by atoms with Gasteiger partial charge in [0.1, 0.15) is 5.75 Å². The predicted molar refractivity (Wildman–Crippen MR) is 62.2 cm³/mol. The molecule has 0 radical (unpaired) electrons. The quantitative estimate of drug-likeness (QED) is 0.817. The van der Waals surface area contributed by atoms with Gasteiger partial charge in [-0.05, 0) is 42.5 Å². The average Bonchev–Trinajstić information content (AvgIpc) is 2.72. The van der Waals surface area contributed by atoms with Gasteiger partial charge in [-0.15, -0.1) is 0 Å². The van der Waals surface area contributed by atoms with Crippen LogP contribution in [0.5, 0.6) is 5.75 Å². The molecule has 1 heterocycles. The van der Waals surface area contributed by atoms with Crippen LogP contribution in [0.25, 0.3) is 0 Å². The van der Waals surface area contributed by atoms with Crippen molar-refractivity contribution >= 4 is 0 Å². The van der Waals surface area contributed by atoms with Crippen LogP contribution in [0.4, 0.5) is 0 Å². The van der Waals surface area contributed by atoms with Crippen LogP contribution >= 0.6 is 0 Å². The third-order valence-electron chi connectivity index (χ3n) is 3.08.